The zero-order valence-electron chi connectivity index (χ0n) is 7.92. The van der Waals surface area contributed by atoms with E-state index in [-0.39, 0.29) is 0 Å². The van der Waals surface area contributed by atoms with Crippen LogP contribution in [0.15, 0.2) is 0 Å². The maximum Gasteiger partial charge on any atom is 0.104 e. The first-order valence-corrected chi connectivity index (χ1v) is 4.89. The molecule has 12 heavy (non-hydrogen) atoms. The average Bonchev–Trinajstić information content (AvgIpc) is 2.89. The predicted molar refractivity (Wildman–Crippen MR) is 49.0 cm³/mol. The van der Waals surface area contributed by atoms with Gasteiger partial charge in [0, 0.05) is 0 Å². The van der Waals surface area contributed by atoms with Crippen molar-refractivity contribution in [3.8, 4) is 0 Å². The second-order valence-electron chi connectivity index (χ2n) is 3.34. The number of epoxide rings is 1. The first-order valence-electron chi connectivity index (χ1n) is 4.89. The number of rotatable bonds is 7. The Hall–Kier alpha value is -0.0800. The van der Waals surface area contributed by atoms with Crippen LogP contribution in [0, 0.1) is 6.92 Å². The van der Waals surface area contributed by atoms with E-state index in [1.165, 1.54) is 12.8 Å². The van der Waals surface area contributed by atoms with E-state index in [4.69, 9.17) is 9.47 Å². The SMILES string of the molecule is [CH2]CC(CCCC)OCC1CO1. The molecule has 1 aliphatic heterocycles. The third-order valence-corrected chi connectivity index (χ3v) is 2.12. The molecule has 0 spiro atoms. The van der Waals surface area contributed by atoms with Gasteiger partial charge in [-0.2, -0.15) is 0 Å². The summed E-state index contributed by atoms with van der Waals surface area (Å²) in [5.41, 5.74) is 0. The maximum absolute atomic E-state index is 5.63. The van der Waals surface area contributed by atoms with Gasteiger partial charge in [0.25, 0.3) is 0 Å². The van der Waals surface area contributed by atoms with Crippen LogP contribution in [0.25, 0.3) is 0 Å². The van der Waals surface area contributed by atoms with E-state index >= 15 is 0 Å². The summed E-state index contributed by atoms with van der Waals surface area (Å²) in [5.74, 6) is 0. The second kappa shape index (κ2) is 5.55. The van der Waals surface area contributed by atoms with Crippen molar-refractivity contribution in [1.82, 2.24) is 0 Å². The van der Waals surface area contributed by atoms with E-state index in [2.05, 4.69) is 13.8 Å². The van der Waals surface area contributed by atoms with Crippen LogP contribution < -0.4 is 0 Å². The van der Waals surface area contributed by atoms with E-state index in [9.17, 15) is 0 Å². The van der Waals surface area contributed by atoms with Crippen LogP contribution in [-0.2, 0) is 9.47 Å². The molecule has 0 aromatic carbocycles. The Morgan fingerprint density at radius 2 is 2.42 bits per heavy atom. The Kier molecular flexibility index (Phi) is 4.62. The highest BCUT2D eigenvalue weighted by atomic mass is 16.6. The molecule has 0 amide bonds. The molecule has 1 heterocycles. The lowest BCUT2D eigenvalue weighted by atomic mass is 10.1. The van der Waals surface area contributed by atoms with Crippen molar-refractivity contribution in [3.63, 3.8) is 0 Å². The minimum absolute atomic E-state index is 0.356. The standard InChI is InChI=1S/C10H19O2/c1-3-5-6-9(4-2)11-7-10-8-12-10/h9-10H,2-8H2,1H3. The average molecular weight is 171 g/mol. The van der Waals surface area contributed by atoms with Crippen molar-refractivity contribution in [2.75, 3.05) is 13.2 Å². The Morgan fingerprint density at radius 3 is 2.92 bits per heavy atom. The summed E-state index contributed by atoms with van der Waals surface area (Å²) in [4.78, 5) is 0. The van der Waals surface area contributed by atoms with Gasteiger partial charge in [0.1, 0.15) is 6.10 Å². The molecule has 71 valence electrons. The Morgan fingerprint density at radius 1 is 1.67 bits per heavy atom. The van der Waals surface area contributed by atoms with Crippen LogP contribution in [0.1, 0.15) is 32.6 Å². The fourth-order valence-electron chi connectivity index (χ4n) is 1.15. The molecule has 1 aliphatic rings. The molecule has 0 N–H and O–H groups in total. The molecule has 0 bridgehead atoms. The van der Waals surface area contributed by atoms with Crippen LogP contribution >= 0.6 is 0 Å². The van der Waals surface area contributed by atoms with E-state index < -0.39 is 0 Å². The van der Waals surface area contributed by atoms with E-state index in [1.807, 2.05) is 0 Å². The van der Waals surface area contributed by atoms with Crippen LogP contribution in [0.2, 0.25) is 0 Å². The molecule has 0 saturated carbocycles. The van der Waals surface area contributed by atoms with E-state index in [1.54, 1.807) is 0 Å². The lowest BCUT2D eigenvalue weighted by Gasteiger charge is -2.14. The minimum Gasteiger partial charge on any atom is -0.375 e. The minimum atomic E-state index is 0.356. The molecule has 0 aromatic rings. The molecule has 0 aromatic heterocycles. The fraction of sp³-hybridized carbons (Fsp3) is 0.900. The van der Waals surface area contributed by atoms with Crippen LogP contribution in [0.5, 0.6) is 0 Å². The summed E-state index contributed by atoms with van der Waals surface area (Å²) >= 11 is 0. The van der Waals surface area contributed by atoms with Gasteiger partial charge in [-0.3, -0.25) is 0 Å². The molecule has 1 fully saturated rings. The molecule has 2 unspecified atom stereocenters. The zero-order valence-corrected chi connectivity index (χ0v) is 7.92. The number of unbranched alkanes of at least 4 members (excludes halogenated alkanes) is 1. The highest BCUT2D eigenvalue weighted by molar-refractivity contribution is 4.69. The van der Waals surface area contributed by atoms with Gasteiger partial charge in [0.15, 0.2) is 0 Å². The number of hydrogen-bond acceptors (Lipinski definition) is 2. The molecule has 2 heteroatoms. The summed E-state index contributed by atoms with van der Waals surface area (Å²) < 4.78 is 10.7. The summed E-state index contributed by atoms with van der Waals surface area (Å²) in [6.07, 6.45) is 5.25. The topological polar surface area (TPSA) is 21.8 Å². The van der Waals surface area contributed by atoms with Gasteiger partial charge in [0.05, 0.1) is 19.3 Å². The molecular weight excluding hydrogens is 152 g/mol. The van der Waals surface area contributed by atoms with Gasteiger partial charge < -0.3 is 9.47 Å². The Labute approximate surface area is 75.2 Å². The molecule has 1 rings (SSSR count). The van der Waals surface area contributed by atoms with Gasteiger partial charge in [-0.1, -0.05) is 26.7 Å². The Bertz CT molecular complexity index is 110. The molecule has 1 radical (unpaired) electrons. The summed E-state index contributed by atoms with van der Waals surface area (Å²) in [7, 11) is 0. The number of hydrogen-bond donors (Lipinski definition) is 0. The van der Waals surface area contributed by atoms with Gasteiger partial charge >= 0.3 is 0 Å². The highest BCUT2D eigenvalue weighted by Gasteiger charge is 2.23. The smallest absolute Gasteiger partial charge is 0.104 e. The van der Waals surface area contributed by atoms with Crippen molar-refractivity contribution in [2.24, 2.45) is 0 Å². The number of ether oxygens (including phenoxy) is 2. The van der Waals surface area contributed by atoms with Gasteiger partial charge in [-0.25, -0.2) is 0 Å². The maximum atomic E-state index is 5.63. The first kappa shape index (κ1) is 10.0. The molecule has 2 nitrogen and oxygen atoms in total. The van der Waals surface area contributed by atoms with Crippen LogP contribution in [0.3, 0.4) is 0 Å². The van der Waals surface area contributed by atoms with Crippen molar-refractivity contribution < 1.29 is 9.47 Å². The van der Waals surface area contributed by atoms with Crippen molar-refractivity contribution in [1.29, 1.82) is 0 Å². The largest absolute Gasteiger partial charge is 0.375 e. The van der Waals surface area contributed by atoms with E-state index in [0.29, 0.717) is 12.2 Å². The van der Waals surface area contributed by atoms with Gasteiger partial charge in [-0.15, -0.1) is 0 Å². The molecular formula is C10H19O2. The van der Waals surface area contributed by atoms with Crippen molar-refractivity contribution >= 4 is 0 Å². The normalized spacial score (nSPS) is 24.0. The summed E-state index contributed by atoms with van der Waals surface area (Å²) in [5, 5.41) is 0. The molecule has 2 atom stereocenters. The van der Waals surface area contributed by atoms with Crippen molar-refractivity contribution in [2.45, 2.75) is 44.8 Å². The van der Waals surface area contributed by atoms with E-state index in [0.717, 1.165) is 26.1 Å². The van der Waals surface area contributed by atoms with Crippen LogP contribution in [-0.4, -0.2) is 25.4 Å². The Balaban J connectivity index is 1.98. The summed E-state index contributed by atoms with van der Waals surface area (Å²) in [6, 6.07) is 0. The van der Waals surface area contributed by atoms with Gasteiger partial charge in [-0.05, 0) is 12.8 Å². The third kappa shape index (κ3) is 4.07. The monoisotopic (exact) mass is 171 g/mol. The lowest BCUT2D eigenvalue weighted by molar-refractivity contribution is 0.0375. The zero-order chi connectivity index (χ0) is 8.81. The lowest BCUT2D eigenvalue weighted by Crippen LogP contribution is -2.15. The molecule has 0 aliphatic carbocycles. The third-order valence-electron chi connectivity index (χ3n) is 2.12. The highest BCUT2D eigenvalue weighted by Crippen LogP contribution is 2.13. The quantitative estimate of drug-likeness (QED) is 0.548. The van der Waals surface area contributed by atoms with Crippen LogP contribution in [0.4, 0.5) is 0 Å². The fourth-order valence-corrected chi connectivity index (χ4v) is 1.15. The first-order chi connectivity index (χ1) is 5.86. The van der Waals surface area contributed by atoms with Crippen molar-refractivity contribution in [3.05, 3.63) is 6.92 Å². The summed E-state index contributed by atoms with van der Waals surface area (Å²) in [6.45, 7) is 7.72. The molecule has 1 saturated heterocycles. The van der Waals surface area contributed by atoms with Gasteiger partial charge in [0.2, 0.25) is 0 Å². The second-order valence-corrected chi connectivity index (χ2v) is 3.34. The predicted octanol–water partition coefficient (Wildman–Crippen LogP) is 2.18.